The van der Waals surface area contributed by atoms with Gasteiger partial charge in [-0.05, 0) is 13.0 Å². The van der Waals surface area contributed by atoms with Gasteiger partial charge in [0.25, 0.3) is 0 Å². The normalized spacial score (nSPS) is 10.4. The molecule has 0 aliphatic rings. The first-order chi connectivity index (χ1) is 9.49. The molecule has 4 nitrogen and oxygen atoms in total. The van der Waals surface area contributed by atoms with Crippen molar-refractivity contribution in [3.8, 4) is 5.75 Å². The maximum absolute atomic E-state index is 6.04. The Bertz CT molecular complexity index is 634. The van der Waals surface area contributed by atoms with Crippen LogP contribution in [0.4, 0.5) is 5.82 Å². The summed E-state index contributed by atoms with van der Waals surface area (Å²) < 4.78 is 5.59. The summed E-state index contributed by atoms with van der Waals surface area (Å²) in [5.74, 6) is 1.73. The van der Waals surface area contributed by atoms with Crippen LogP contribution in [0.5, 0.6) is 5.75 Å². The number of benzene rings is 1. The molecule has 0 aliphatic carbocycles. The minimum absolute atomic E-state index is 0.189. The van der Waals surface area contributed by atoms with E-state index in [1.165, 1.54) is 6.07 Å². The lowest BCUT2D eigenvalue weighted by Gasteiger charge is -2.10. The fourth-order valence-electron chi connectivity index (χ4n) is 1.58. The molecule has 0 aliphatic heterocycles. The predicted molar refractivity (Wildman–Crippen MR) is 82.1 cm³/mol. The molecule has 1 aromatic heterocycles. The van der Waals surface area contributed by atoms with Gasteiger partial charge in [0.05, 0.1) is 15.1 Å². The molecule has 0 amide bonds. The van der Waals surface area contributed by atoms with E-state index in [9.17, 15) is 0 Å². The molecular formula is C13H12Cl3N3O. The number of rotatable bonds is 4. The van der Waals surface area contributed by atoms with Crippen molar-refractivity contribution in [3.05, 3.63) is 44.8 Å². The van der Waals surface area contributed by atoms with Crippen LogP contribution in [-0.4, -0.2) is 17.0 Å². The van der Waals surface area contributed by atoms with E-state index in [2.05, 4.69) is 15.3 Å². The van der Waals surface area contributed by atoms with Crippen LogP contribution in [0.2, 0.25) is 15.1 Å². The third-order valence-electron chi connectivity index (χ3n) is 2.49. The standard InChI is InChI=1S/C13H12Cl3N3O/c1-7-3-12(17-2)19-13(18-7)6-20-11-5-9(15)8(14)4-10(11)16/h3-5H,6H2,1-2H3,(H,17,18,19). The zero-order valence-corrected chi connectivity index (χ0v) is 13.1. The number of anilines is 1. The summed E-state index contributed by atoms with van der Waals surface area (Å²) >= 11 is 17.8. The Morgan fingerprint density at radius 1 is 1.05 bits per heavy atom. The molecule has 1 N–H and O–H groups in total. The Morgan fingerprint density at radius 2 is 1.75 bits per heavy atom. The van der Waals surface area contributed by atoms with E-state index in [1.54, 1.807) is 13.1 Å². The van der Waals surface area contributed by atoms with Gasteiger partial charge in [0.2, 0.25) is 0 Å². The van der Waals surface area contributed by atoms with Gasteiger partial charge < -0.3 is 10.1 Å². The zero-order chi connectivity index (χ0) is 14.7. The molecule has 0 saturated carbocycles. The van der Waals surface area contributed by atoms with Crippen molar-refractivity contribution in [1.82, 2.24) is 9.97 Å². The van der Waals surface area contributed by atoms with Crippen LogP contribution in [0.1, 0.15) is 11.5 Å². The lowest BCUT2D eigenvalue weighted by Crippen LogP contribution is -2.05. The second-order valence-corrected chi connectivity index (χ2v) is 5.27. The molecule has 0 atom stereocenters. The summed E-state index contributed by atoms with van der Waals surface area (Å²) in [7, 11) is 1.79. The topological polar surface area (TPSA) is 47.0 Å². The molecule has 0 fully saturated rings. The first kappa shape index (κ1) is 15.2. The molecule has 1 aromatic carbocycles. The van der Waals surface area contributed by atoms with E-state index in [0.717, 1.165) is 11.5 Å². The second-order valence-electron chi connectivity index (χ2n) is 4.05. The molecule has 106 valence electrons. The lowest BCUT2D eigenvalue weighted by atomic mass is 10.3. The molecule has 2 rings (SSSR count). The predicted octanol–water partition coefficient (Wildman–Crippen LogP) is 4.37. The smallest absolute Gasteiger partial charge is 0.168 e. The molecule has 0 unspecified atom stereocenters. The average molecular weight is 333 g/mol. The van der Waals surface area contributed by atoms with E-state index in [-0.39, 0.29) is 6.61 Å². The summed E-state index contributed by atoms with van der Waals surface area (Å²) in [6.07, 6.45) is 0. The number of hydrogen-bond donors (Lipinski definition) is 1. The van der Waals surface area contributed by atoms with Gasteiger partial charge >= 0.3 is 0 Å². The van der Waals surface area contributed by atoms with Crippen molar-refractivity contribution in [1.29, 1.82) is 0 Å². The van der Waals surface area contributed by atoms with Crippen molar-refractivity contribution in [2.24, 2.45) is 0 Å². The maximum atomic E-state index is 6.04. The number of hydrogen-bond acceptors (Lipinski definition) is 4. The van der Waals surface area contributed by atoms with Crippen molar-refractivity contribution in [3.63, 3.8) is 0 Å². The molecule has 0 spiro atoms. The number of nitrogens with one attached hydrogen (secondary N) is 1. The lowest BCUT2D eigenvalue weighted by molar-refractivity contribution is 0.296. The summed E-state index contributed by atoms with van der Waals surface area (Å²) in [6, 6.07) is 4.95. The quantitative estimate of drug-likeness (QED) is 0.845. The summed E-state index contributed by atoms with van der Waals surface area (Å²) in [5, 5.41) is 4.12. The first-order valence-corrected chi connectivity index (χ1v) is 6.92. The van der Waals surface area contributed by atoms with Crippen LogP contribution in [0.3, 0.4) is 0 Å². The minimum Gasteiger partial charge on any atom is -0.484 e. The van der Waals surface area contributed by atoms with Gasteiger partial charge in [-0.25, -0.2) is 9.97 Å². The monoisotopic (exact) mass is 331 g/mol. The Kier molecular flexibility index (Phi) is 4.91. The van der Waals surface area contributed by atoms with E-state index in [1.807, 2.05) is 13.0 Å². The van der Waals surface area contributed by atoms with Gasteiger partial charge in [-0.15, -0.1) is 0 Å². The Labute approximate surface area is 132 Å². The molecule has 20 heavy (non-hydrogen) atoms. The van der Waals surface area contributed by atoms with Gasteiger partial charge in [-0.3, -0.25) is 0 Å². The van der Waals surface area contributed by atoms with Gasteiger partial charge in [0.15, 0.2) is 5.82 Å². The molecular weight excluding hydrogens is 321 g/mol. The number of aromatic nitrogens is 2. The summed E-state index contributed by atoms with van der Waals surface area (Å²) in [6.45, 7) is 2.08. The van der Waals surface area contributed by atoms with E-state index < -0.39 is 0 Å². The highest BCUT2D eigenvalue weighted by Gasteiger charge is 2.09. The number of halogens is 3. The number of aryl methyl sites for hydroxylation is 1. The van der Waals surface area contributed by atoms with Crippen molar-refractivity contribution < 1.29 is 4.74 Å². The van der Waals surface area contributed by atoms with Crippen molar-refractivity contribution in [2.75, 3.05) is 12.4 Å². The SMILES string of the molecule is CNc1cc(C)nc(COc2cc(Cl)c(Cl)cc2Cl)n1. The van der Waals surface area contributed by atoms with E-state index >= 15 is 0 Å². The summed E-state index contributed by atoms with van der Waals surface area (Å²) in [4.78, 5) is 8.58. The van der Waals surface area contributed by atoms with Crippen molar-refractivity contribution in [2.45, 2.75) is 13.5 Å². The fourth-order valence-corrected chi connectivity index (χ4v) is 2.17. The Hall–Kier alpha value is -1.23. The minimum atomic E-state index is 0.189. The van der Waals surface area contributed by atoms with Crippen molar-refractivity contribution >= 4 is 40.6 Å². The van der Waals surface area contributed by atoms with Gasteiger partial charge in [-0.1, -0.05) is 34.8 Å². The zero-order valence-electron chi connectivity index (χ0n) is 10.9. The van der Waals surface area contributed by atoms with Crippen LogP contribution in [-0.2, 0) is 6.61 Å². The van der Waals surface area contributed by atoms with Crippen LogP contribution in [0, 0.1) is 6.92 Å². The number of ether oxygens (including phenoxy) is 1. The average Bonchev–Trinajstić information content (AvgIpc) is 2.40. The van der Waals surface area contributed by atoms with Crippen LogP contribution in [0.25, 0.3) is 0 Å². The fraction of sp³-hybridized carbons (Fsp3) is 0.231. The van der Waals surface area contributed by atoms with Gasteiger partial charge in [-0.2, -0.15) is 0 Å². The third-order valence-corrected chi connectivity index (χ3v) is 3.51. The second kappa shape index (κ2) is 6.48. The molecule has 7 heteroatoms. The highest BCUT2D eigenvalue weighted by atomic mass is 35.5. The Morgan fingerprint density at radius 3 is 2.45 bits per heavy atom. The van der Waals surface area contributed by atoms with Crippen LogP contribution >= 0.6 is 34.8 Å². The van der Waals surface area contributed by atoms with Gasteiger partial charge in [0.1, 0.15) is 18.2 Å². The van der Waals surface area contributed by atoms with Crippen LogP contribution < -0.4 is 10.1 Å². The molecule has 0 bridgehead atoms. The maximum Gasteiger partial charge on any atom is 0.168 e. The molecule has 2 aromatic rings. The Balaban J connectivity index is 2.16. The van der Waals surface area contributed by atoms with Gasteiger partial charge in [0, 0.05) is 24.9 Å². The van der Waals surface area contributed by atoms with E-state index in [0.29, 0.717) is 26.6 Å². The third kappa shape index (κ3) is 3.66. The molecule has 0 saturated heterocycles. The summed E-state index contributed by atoms with van der Waals surface area (Å²) in [5.41, 5.74) is 0.850. The highest BCUT2D eigenvalue weighted by Crippen LogP contribution is 2.34. The largest absolute Gasteiger partial charge is 0.484 e. The van der Waals surface area contributed by atoms with Crippen LogP contribution in [0.15, 0.2) is 18.2 Å². The molecule has 1 heterocycles. The van der Waals surface area contributed by atoms with E-state index in [4.69, 9.17) is 39.5 Å². The highest BCUT2D eigenvalue weighted by molar-refractivity contribution is 6.43. The number of nitrogens with zero attached hydrogens (tertiary/aromatic N) is 2. The first-order valence-electron chi connectivity index (χ1n) is 5.79. The molecule has 0 radical (unpaired) electrons.